The van der Waals surface area contributed by atoms with E-state index in [2.05, 4.69) is 32.6 Å². The summed E-state index contributed by atoms with van der Waals surface area (Å²) in [6.07, 6.45) is 1.05. The second-order valence-corrected chi connectivity index (χ2v) is 7.68. The first-order chi connectivity index (χ1) is 12.1. The third-order valence-corrected chi connectivity index (χ3v) is 5.49. The van der Waals surface area contributed by atoms with E-state index in [0.29, 0.717) is 16.4 Å². The number of phenolic OH excluding ortho intramolecular Hbond substituents is 1. The maximum atomic E-state index is 12.3. The minimum Gasteiger partial charge on any atom is -0.507 e. The SMILES string of the molecule is CCCSc1nnc(NC(=O)c2cc(-c3ccc(C)cc3O)n[nH]2)s1. The van der Waals surface area contributed by atoms with Crippen LogP contribution in [0.1, 0.15) is 29.4 Å². The molecule has 0 saturated carbocycles. The molecule has 1 aromatic carbocycles. The van der Waals surface area contributed by atoms with E-state index >= 15 is 0 Å². The van der Waals surface area contributed by atoms with Crippen LogP contribution < -0.4 is 5.32 Å². The van der Waals surface area contributed by atoms with Crippen molar-refractivity contribution in [3.05, 3.63) is 35.5 Å². The molecule has 130 valence electrons. The van der Waals surface area contributed by atoms with Gasteiger partial charge in [-0.3, -0.25) is 15.2 Å². The first-order valence-corrected chi connectivity index (χ1v) is 9.50. The Hall–Kier alpha value is -2.39. The smallest absolute Gasteiger partial charge is 0.275 e. The second kappa shape index (κ2) is 7.66. The number of phenols is 1. The number of carbonyl (C=O) groups excluding carboxylic acids is 1. The fourth-order valence-electron chi connectivity index (χ4n) is 2.11. The van der Waals surface area contributed by atoms with Crippen LogP contribution in [0.15, 0.2) is 28.6 Å². The van der Waals surface area contributed by atoms with Crippen molar-refractivity contribution in [1.29, 1.82) is 0 Å². The van der Waals surface area contributed by atoms with E-state index in [1.807, 2.05) is 13.0 Å². The number of rotatable bonds is 6. The highest BCUT2D eigenvalue weighted by atomic mass is 32.2. The minimum absolute atomic E-state index is 0.125. The zero-order chi connectivity index (χ0) is 17.8. The van der Waals surface area contributed by atoms with Gasteiger partial charge in [-0.25, -0.2) is 0 Å². The Morgan fingerprint density at radius 3 is 2.96 bits per heavy atom. The summed E-state index contributed by atoms with van der Waals surface area (Å²) < 4.78 is 0.826. The molecule has 2 aromatic heterocycles. The predicted octanol–water partition coefficient (Wildman–Crippen LogP) is 3.70. The van der Waals surface area contributed by atoms with Gasteiger partial charge in [0.1, 0.15) is 11.4 Å². The Morgan fingerprint density at radius 1 is 1.36 bits per heavy atom. The molecule has 0 bridgehead atoms. The zero-order valence-electron chi connectivity index (χ0n) is 13.7. The molecule has 3 N–H and O–H groups in total. The second-order valence-electron chi connectivity index (χ2n) is 5.36. The van der Waals surface area contributed by atoms with Gasteiger partial charge >= 0.3 is 0 Å². The number of H-pyrrole nitrogens is 1. The number of aromatic hydroxyl groups is 1. The van der Waals surface area contributed by atoms with E-state index in [-0.39, 0.29) is 17.4 Å². The minimum atomic E-state index is -0.353. The summed E-state index contributed by atoms with van der Waals surface area (Å²) in [4.78, 5) is 12.3. The highest BCUT2D eigenvalue weighted by molar-refractivity contribution is 8.01. The van der Waals surface area contributed by atoms with Crippen LogP contribution in [-0.4, -0.2) is 37.2 Å². The van der Waals surface area contributed by atoms with Crippen molar-refractivity contribution >= 4 is 34.1 Å². The lowest BCUT2D eigenvalue weighted by atomic mass is 10.1. The Morgan fingerprint density at radius 2 is 2.20 bits per heavy atom. The molecule has 0 aliphatic rings. The van der Waals surface area contributed by atoms with E-state index in [9.17, 15) is 9.90 Å². The van der Waals surface area contributed by atoms with Crippen molar-refractivity contribution < 1.29 is 9.90 Å². The Balaban J connectivity index is 1.71. The number of carbonyl (C=O) groups is 1. The number of hydrogen-bond acceptors (Lipinski definition) is 7. The maximum Gasteiger partial charge on any atom is 0.275 e. The lowest BCUT2D eigenvalue weighted by molar-refractivity contribution is 0.102. The number of aryl methyl sites for hydroxylation is 1. The van der Waals surface area contributed by atoms with Crippen LogP contribution in [0.2, 0.25) is 0 Å². The van der Waals surface area contributed by atoms with Crippen molar-refractivity contribution in [2.24, 2.45) is 0 Å². The van der Waals surface area contributed by atoms with Crippen LogP contribution in [0.4, 0.5) is 5.13 Å². The fraction of sp³-hybridized carbons (Fsp3) is 0.250. The molecule has 3 rings (SSSR count). The largest absolute Gasteiger partial charge is 0.507 e. The number of hydrogen-bond donors (Lipinski definition) is 3. The van der Waals surface area contributed by atoms with Gasteiger partial charge in [-0.05, 0) is 37.1 Å². The van der Waals surface area contributed by atoms with Crippen LogP contribution in [0.5, 0.6) is 5.75 Å². The van der Waals surface area contributed by atoms with E-state index in [1.54, 1.807) is 30.0 Å². The highest BCUT2D eigenvalue weighted by Gasteiger charge is 2.15. The number of aromatic nitrogens is 4. The molecule has 2 heterocycles. The number of nitrogens with one attached hydrogen (secondary N) is 2. The lowest BCUT2D eigenvalue weighted by Gasteiger charge is -2.01. The van der Waals surface area contributed by atoms with Gasteiger partial charge in [0, 0.05) is 11.3 Å². The van der Waals surface area contributed by atoms with Gasteiger partial charge < -0.3 is 5.11 Å². The quantitative estimate of drug-likeness (QED) is 0.448. The third kappa shape index (κ3) is 4.18. The van der Waals surface area contributed by atoms with Gasteiger partial charge in [-0.1, -0.05) is 36.1 Å². The molecule has 7 nitrogen and oxygen atoms in total. The maximum absolute atomic E-state index is 12.3. The Labute approximate surface area is 152 Å². The molecular weight excluding hydrogens is 358 g/mol. The fourth-order valence-corrected chi connectivity index (χ4v) is 3.78. The highest BCUT2D eigenvalue weighted by Crippen LogP contribution is 2.29. The number of aromatic amines is 1. The Bertz CT molecular complexity index is 890. The van der Waals surface area contributed by atoms with Crippen molar-refractivity contribution in [2.45, 2.75) is 24.6 Å². The van der Waals surface area contributed by atoms with Crippen molar-refractivity contribution in [2.75, 3.05) is 11.1 Å². The molecular formula is C16H17N5O2S2. The average molecular weight is 375 g/mol. The summed E-state index contributed by atoms with van der Waals surface area (Å²) >= 11 is 2.95. The molecule has 0 fully saturated rings. The van der Waals surface area contributed by atoms with E-state index in [0.717, 1.165) is 22.1 Å². The van der Waals surface area contributed by atoms with Crippen molar-refractivity contribution in [1.82, 2.24) is 20.4 Å². The molecule has 0 aliphatic carbocycles. The molecule has 9 heteroatoms. The predicted molar refractivity (Wildman–Crippen MR) is 99.3 cm³/mol. The van der Waals surface area contributed by atoms with E-state index in [1.165, 1.54) is 11.3 Å². The van der Waals surface area contributed by atoms with Crippen LogP contribution in [0.3, 0.4) is 0 Å². The summed E-state index contributed by atoms with van der Waals surface area (Å²) in [5.74, 6) is 0.737. The molecule has 0 unspecified atom stereocenters. The molecule has 25 heavy (non-hydrogen) atoms. The molecule has 0 radical (unpaired) electrons. The van der Waals surface area contributed by atoms with Crippen LogP contribution in [-0.2, 0) is 0 Å². The summed E-state index contributed by atoms with van der Waals surface area (Å²) in [6.45, 7) is 3.99. The summed E-state index contributed by atoms with van der Waals surface area (Å²) in [5.41, 5.74) is 2.30. The molecule has 0 saturated heterocycles. The summed E-state index contributed by atoms with van der Waals surface area (Å²) in [6, 6.07) is 6.89. The number of benzene rings is 1. The monoisotopic (exact) mass is 375 g/mol. The number of thioether (sulfide) groups is 1. The topological polar surface area (TPSA) is 104 Å². The summed E-state index contributed by atoms with van der Waals surface area (Å²) in [5, 5.41) is 28.0. The number of anilines is 1. The standard InChI is InChI=1S/C16H17N5O2S2/c1-3-6-24-16-21-20-15(25-16)17-14(23)12-8-11(18-19-12)10-5-4-9(2)7-13(10)22/h4-5,7-8,22H,3,6H2,1-2H3,(H,18,19)(H,17,20,23). The van der Waals surface area contributed by atoms with Gasteiger partial charge in [0.25, 0.3) is 5.91 Å². The number of amides is 1. The van der Waals surface area contributed by atoms with Gasteiger partial charge in [0.15, 0.2) is 4.34 Å². The van der Waals surface area contributed by atoms with Gasteiger partial charge in [0.2, 0.25) is 5.13 Å². The van der Waals surface area contributed by atoms with Gasteiger partial charge in [0.05, 0.1) is 5.69 Å². The number of nitrogens with zero attached hydrogens (tertiary/aromatic N) is 3. The summed E-state index contributed by atoms with van der Waals surface area (Å²) in [7, 11) is 0. The normalized spacial score (nSPS) is 10.8. The van der Waals surface area contributed by atoms with Crippen LogP contribution in [0, 0.1) is 6.92 Å². The first-order valence-electron chi connectivity index (χ1n) is 7.70. The molecule has 3 aromatic rings. The van der Waals surface area contributed by atoms with Gasteiger partial charge in [-0.2, -0.15) is 5.10 Å². The molecule has 0 aliphatic heterocycles. The van der Waals surface area contributed by atoms with Gasteiger partial charge in [-0.15, -0.1) is 10.2 Å². The molecule has 0 spiro atoms. The van der Waals surface area contributed by atoms with E-state index < -0.39 is 0 Å². The molecule has 0 atom stereocenters. The van der Waals surface area contributed by atoms with Crippen LogP contribution >= 0.6 is 23.1 Å². The van der Waals surface area contributed by atoms with Crippen molar-refractivity contribution in [3.8, 4) is 17.0 Å². The Kier molecular flexibility index (Phi) is 5.34. The van der Waals surface area contributed by atoms with Crippen LogP contribution in [0.25, 0.3) is 11.3 Å². The average Bonchev–Trinajstić information content (AvgIpc) is 3.22. The molecule has 1 amide bonds. The first kappa shape index (κ1) is 17.4. The van der Waals surface area contributed by atoms with E-state index in [4.69, 9.17) is 0 Å². The lowest BCUT2D eigenvalue weighted by Crippen LogP contribution is -2.12. The zero-order valence-corrected chi connectivity index (χ0v) is 15.4. The third-order valence-electron chi connectivity index (χ3n) is 3.31. The van der Waals surface area contributed by atoms with Crippen molar-refractivity contribution in [3.63, 3.8) is 0 Å².